The first kappa shape index (κ1) is 23.8. The molecule has 178 valence electrons. The number of aryl methyl sites for hydroxylation is 1. The second-order valence-corrected chi connectivity index (χ2v) is 9.60. The van der Waals surface area contributed by atoms with Crippen LogP contribution in [0.1, 0.15) is 22.5 Å². The molecule has 0 aliphatic rings. The van der Waals surface area contributed by atoms with Crippen LogP contribution in [0.4, 0.5) is 13.2 Å². The number of benzene rings is 1. The van der Waals surface area contributed by atoms with Gasteiger partial charge < -0.3 is 0 Å². The molecule has 3 aromatic heterocycles. The zero-order chi connectivity index (χ0) is 24.3. The summed E-state index contributed by atoms with van der Waals surface area (Å²) in [5.41, 5.74) is 0.359. The molecule has 0 fully saturated rings. The van der Waals surface area contributed by atoms with Crippen LogP contribution in [-0.2, 0) is 29.0 Å². The molecule has 0 saturated carbocycles. The monoisotopic (exact) mass is 489 g/mol. The molecule has 7 nitrogen and oxygen atoms in total. The van der Waals surface area contributed by atoms with Gasteiger partial charge in [0.25, 0.3) is 0 Å². The van der Waals surface area contributed by atoms with Crippen LogP contribution in [0.25, 0.3) is 5.65 Å². The van der Waals surface area contributed by atoms with Crippen LogP contribution in [0.15, 0.2) is 72.0 Å². The van der Waals surface area contributed by atoms with Gasteiger partial charge in [-0.15, -0.1) is 0 Å². The van der Waals surface area contributed by atoms with Gasteiger partial charge in [-0.05, 0) is 49.1 Å². The number of alkyl halides is 3. The standard InChI is InChI=1S/C23H22F3N5O2S/c1-17-21(22-28-14-9-20(23(24,25)26)31(22)29-17)34(32,33)30(15-10-18-5-3-2-4-6-18)16-11-19-7-12-27-13-8-19/h2-9,12-14H,10-11,15-16H2,1H3. The molecule has 0 bridgehead atoms. The molecule has 4 aromatic rings. The van der Waals surface area contributed by atoms with Crippen LogP contribution in [0.3, 0.4) is 0 Å². The van der Waals surface area contributed by atoms with E-state index in [2.05, 4.69) is 15.1 Å². The van der Waals surface area contributed by atoms with Gasteiger partial charge in [0.15, 0.2) is 5.65 Å². The van der Waals surface area contributed by atoms with Gasteiger partial charge in [-0.3, -0.25) is 4.98 Å². The molecule has 0 spiro atoms. The summed E-state index contributed by atoms with van der Waals surface area (Å²) in [4.78, 5) is 7.60. The van der Waals surface area contributed by atoms with Crippen molar-refractivity contribution in [3.05, 3.63) is 89.6 Å². The minimum absolute atomic E-state index is 0.0437. The van der Waals surface area contributed by atoms with Crippen LogP contribution < -0.4 is 0 Å². The Labute approximate surface area is 194 Å². The third-order valence-electron chi connectivity index (χ3n) is 5.42. The normalized spacial score (nSPS) is 12.5. The van der Waals surface area contributed by atoms with Crippen molar-refractivity contribution < 1.29 is 21.6 Å². The molecular formula is C23H22F3N5O2S. The predicted molar refractivity (Wildman–Crippen MR) is 120 cm³/mol. The Hall–Kier alpha value is -3.31. The number of nitrogens with zero attached hydrogens (tertiary/aromatic N) is 5. The Balaban J connectivity index is 1.73. The second kappa shape index (κ2) is 9.51. The van der Waals surface area contributed by atoms with E-state index in [0.717, 1.165) is 23.4 Å². The minimum Gasteiger partial charge on any atom is -0.265 e. The Morgan fingerprint density at radius 1 is 0.912 bits per heavy atom. The van der Waals surface area contributed by atoms with E-state index in [0.29, 0.717) is 17.4 Å². The largest absolute Gasteiger partial charge is 0.433 e. The predicted octanol–water partition coefficient (Wildman–Crippen LogP) is 3.93. The van der Waals surface area contributed by atoms with E-state index in [9.17, 15) is 21.6 Å². The quantitative estimate of drug-likeness (QED) is 0.375. The maximum absolute atomic E-state index is 13.8. The number of aromatic nitrogens is 4. The third kappa shape index (κ3) is 4.95. The van der Waals surface area contributed by atoms with Crippen molar-refractivity contribution in [1.82, 2.24) is 23.9 Å². The van der Waals surface area contributed by atoms with Crippen molar-refractivity contribution in [3.63, 3.8) is 0 Å². The summed E-state index contributed by atoms with van der Waals surface area (Å²) in [5.74, 6) is 0. The molecule has 11 heteroatoms. The van der Waals surface area contributed by atoms with E-state index in [1.165, 1.54) is 11.2 Å². The van der Waals surface area contributed by atoms with Gasteiger partial charge in [-0.1, -0.05) is 30.3 Å². The van der Waals surface area contributed by atoms with E-state index in [1.54, 1.807) is 24.5 Å². The number of fused-ring (bicyclic) bond motifs is 1. The molecule has 0 saturated heterocycles. The molecule has 0 N–H and O–H groups in total. The molecule has 0 unspecified atom stereocenters. The first-order valence-electron chi connectivity index (χ1n) is 10.5. The Kier molecular flexibility index (Phi) is 6.67. The van der Waals surface area contributed by atoms with E-state index in [4.69, 9.17) is 0 Å². The molecule has 0 aliphatic carbocycles. The Morgan fingerprint density at radius 2 is 1.53 bits per heavy atom. The van der Waals surface area contributed by atoms with Gasteiger partial charge in [0.1, 0.15) is 10.6 Å². The van der Waals surface area contributed by atoms with Crippen LogP contribution in [-0.4, -0.2) is 45.4 Å². The van der Waals surface area contributed by atoms with Crippen molar-refractivity contribution in [2.24, 2.45) is 0 Å². The zero-order valence-corrected chi connectivity index (χ0v) is 19.1. The average molecular weight is 490 g/mol. The van der Waals surface area contributed by atoms with E-state index >= 15 is 0 Å². The summed E-state index contributed by atoms with van der Waals surface area (Å²) in [7, 11) is -4.21. The van der Waals surface area contributed by atoms with Gasteiger partial charge in [0, 0.05) is 31.7 Å². The fourth-order valence-electron chi connectivity index (χ4n) is 3.73. The highest BCUT2D eigenvalue weighted by Crippen LogP contribution is 2.32. The number of pyridine rings is 1. The Morgan fingerprint density at radius 3 is 2.15 bits per heavy atom. The van der Waals surface area contributed by atoms with Gasteiger partial charge in [0.05, 0.1) is 5.69 Å². The highest BCUT2D eigenvalue weighted by Gasteiger charge is 2.37. The molecule has 1 aromatic carbocycles. The van der Waals surface area contributed by atoms with E-state index < -0.39 is 21.9 Å². The lowest BCUT2D eigenvalue weighted by atomic mass is 10.1. The van der Waals surface area contributed by atoms with Crippen molar-refractivity contribution in [2.75, 3.05) is 13.1 Å². The summed E-state index contributed by atoms with van der Waals surface area (Å²) >= 11 is 0. The van der Waals surface area contributed by atoms with Crippen molar-refractivity contribution >= 4 is 15.7 Å². The lowest BCUT2D eigenvalue weighted by molar-refractivity contribution is -0.142. The minimum atomic E-state index is -4.71. The zero-order valence-electron chi connectivity index (χ0n) is 18.3. The van der Waals surface area contributed by atoms with Crippen molar-refractivity contribution in [1.29, 1.82) is 0 Å². The first-order chi connectivity index (χ1) is 16.2. The topological polar surface area (TPSA) is 80.5 Å². The third-order valence-corrected chi connectivity index (χ3v) is 7.46. The number of hydrogen-bond donors (Lipinski definition) is 0. The number of halogens is 3. The number of sulfonamides is 1. The van der Waals surface area contributed by atoms with Crippen LogP contribution in [0.2, 0.25) is 0 Å². The summed E-state index contributed by atoms with van der Waals surface area (Å²) < 4.78 is 69.8. The maximum Gasteiger partial charge on any atom is 0.433 e. The number of rotatable bonds is 8. The highest BCUT2D eigenvalue weighted by atomic mass is 32.2. The summed E-state index contributed by atoms with van der Waals surface area (Å²) in [6, 6.07) is 13.7. The molecule has 0 amide bonds. The molecule has 4 rings (SSSR count). The summed E-state index contributed by atoms with van der Waals surface area (Å²) in [6.45, 7) is 1.65. The van der Waals surface area contributed by atoms with E-state index in [1.807, 2.05) is 30.3 Å². The van der Waals surface area contributed by atoms with Crippen molar-refractivity contribution in [3.8, 4) is 0 Å². The Bertz CT molecular complexity index is 1330. The van der Waals surface area contributed by atoms with Crippen LogP contribution >= 0.6 is 0 Å². The molecule has 0 radical (unpaired) electrons. The molecule has 0 atom stereocenters. The lowest BCUT2D eigenvalue weighted by Gasteiger charge is -2.22. The first-order valence-corrected chi connectivity index (χ1v) is 12.0. The number of hydrogen-bond acceptors (Lipinski definition) is 5. The van der Waals surface area contributed by atoms with Crippen LogP contribution in [0.5, 0.6) is 0 Å². The molecular weight excluding hydrogens is 467 g/mol. The molecule has 34 heavy (non-hydrogen) atoms. The van der Waals surface area contributed by atoms with E-state index in [-0.39, 0.29) is 29.3 Å². The summed E-state index contributed by atoms with van der Waals surface area (Å²) in [6.07, 6.45) is 0.330. The fourth-order valence-corrected chi connectivity index (χ4v) is 5.44. The second-order valence-electron chi connectivity index (χ2n) is 7.72. The SMILES string of the molecule is Cc1nn2c(C(F)(F)F)ccnc2c1S(=O)(=O)N(CCc1ccccc1)CCc1ccncc1. The van der Waals surface area contributed by atoms with Crippen LogP contribution in [0, 0.1) is 6.92 Å². The summed E-state index contributed by atoms with van der Waals surface area (Å²) in [5, 5.41) is 3.88. The highest BCUT2D eigenvalue weighted by molar-refractivity contribution is 7.89. The molecule has 3 heterocycles. The smallest absolute Gasteiger partial charge is 0.265 e. The average Bonchev–Trinajstić information content (AvgIpc) is 3.16. The lowest BCUT2D eigenvalue weighted by Crippen LogP contribution is -2.35. The fraction of sp³-hybridized carbons (Fsp3) is 0.261. The van der Waals surface area contributed by atoms with Gasteiger partial charge in [-0.25, -0.2) is 17.9 Å². The van der Waals surface area contributed by atoms with Gasteiger partial charge in [0.2, 0.25) is 10.0 Å². The molecule has 0 aliphatic heterocycles. The van der Waals surface area contributed by atoms with Gasteiger partial charge in [-0.2, -0.15) is 22.6 Å². The van der Waals surface area contributed by atoms with Crippen molar-refractivity contribution in [2.45, 2.75) is 30.8 Å². The maximum atomic E-state index is 13.8. The van der Waals surface area contributed by atoms with Gasteiger partial charge >= 0.3 is 6.18 Å².